The van der Waals surface area contributed by atoms with Crippen molar-refractivity contribution in [2.24, 2.45) is 71.0 Å². The second-order valence-corrected chi connectivity index (χ2v) is 25.1. The molecular weight excluding hydrogens is 949 g/mol. The molecular formula is C59H99Cl3N2Pd. The molecule has 0 aromatic heterocycles. The number of rotatable bonds is 26. The van der Waals surface area contributed by atoms with Crippen molar-refractivity contribution in [3.63, 3.8) is 0 Å². The molecule has 6 heteroatoms. The molecule has 1 aliphatic rings. The molecule has 0 amide bonds. The molecule has 376 valence electrons. The second-order valence-electron chi connectivity index (χ2n) is 24.3. The molecule has 0 radical (unpaired) electrons. The standard InChI is InChI=1S/C59H99Cl2N2.ClH.Pd/c1-36(2)27-46(28-37(3)4)50-23-21-24-51(47(29-38(5)6)30-39(7)8)56(50)62-35-63(59(61)58(62)60)57-52(48(31-40(9)10)32-41(11)12)25-22-26-53(57)49(33-54(42(13)14)43(15)16)34-55(44(17)18)45(19)20;;/h21-26,35-49,54-55H,27-34H2,1-20H3;1H;/q-1;;+2/p-1. The molecule has 0 unspecified atom stereocenters. The fourth-order valence-corrected chi connectivity index (χ4v) is 12.3. The summed E-state index contributed by atoms with van der Waals surface area (Å²) in [6, 6.07) is 14.5. The van der Waals surface area contributed by atoms with Crippen molar-refractivity contribution < 1.29 is 18.2 Å². The fraction of sp³-hybridized carbons (Fsp3) is 0.746. The average molecular weight is 1050 g/mol. The Kier molecular flexibility index (Phi) is 26.8. The van der Waals surface area contributed by atoms with Crippen LogP contribution >= 0.6 is 32.7 Å². The molecule has 65 heavy (non-hydrogen) atoms. The van der Waals surface area contributed by atoms with E-state index in [2.05, 4.69) is 219 Å². The van der Waals surface area contributed by atoms with Gasteiger partial charge in [0.25, 0.3) is 0 Å². The number of nitrogens with zero attached hydrogens (tertiary/aromatic N) is 2. The summed E-state index contributed by atoms with van der Waals surface area (Å²) in [5.74, 6) is 8.64. The Morgan fingerprint density at radius 1 is 0.369 bits per heavy atom. The van der Waals surface area contributed by atoms with Crippen LogP contribution in [0.1, 0.15) is 236 Å². The molecule has 2 nitrogen and oxygen atoms in total. The minimum absolute atomic E-state index is 0.375. The summed E-state index contributed by atoms with van der Waals surface area (Å²) < 4.78 is 0. The number of halogens is 3. The van der Waals surface area contributed by atoms with Gasteiger partial charge in [-0.1, -0.05) is 198 Å². The van der Waals surface area contributed by atoms with Gasteiger partial charge in [0, 0.05) is 11.4 Å². The summed E-state index contributed by atoms with van der Waals surface area (Å²) in [5, 5.41) is 1.25. The summed E-state index contributed by atoms with van der Waals surface area (Å²) in [6.45, 7) is 50.6. The van der Waals surface area contributed by atoms with Gasteiger partial charge in [-0.2, -0.15) is 0 Å². The van der Waals surface area contributed by atoms with Crippen LogP contribution in [0, 0.1) is 77.7 Å². The molecule has 0 atom stereocenters. The number of hydrogen-bond donors (Lipinski definition) is 0. The van der Waals surface area contributed by atoms with Crippen molar-refractivity contribution in [1.29, 1.82) is 0 Å². The third kappa shape index (κ3) is 17.9. The van der Waals surface area contributed by atoms with E-state index in [1.807, 2.05) is 0 Å². The summed E-state index contributed by atoms with van der Waals surface area (Å²) in [4.78, 5) is 4.72. The zero-order valence-corrected chi connectivity index (χ0v) is 49.1. The Morgan fingerprint density at radius 3 is 0.754 bits per heavy atom. The third-order valence-corrected chi connectivity index (χ3v) is 15.2. The summed E-state index contributed by atoms with van der Waals surface area (Å²) >= 11 is 18.0. The summed E-state index contributed by atoms with van der Waals surface area (Å²) in [7, 11) is 4.49. The van der Waals surface area contributed by atoms with E-state index < -0.39 is 0 Å². The van der Waals surface area contributed by atoms with Crippen molar-refractivity contribution in [3.05, 3.63) is 75.6 Å². The first-order valence-electron chi connectivity index (χ1n) is 26.2. The summed E-state index contributed by atoms with van der Waals surface area (Å²) in [5.41, 5.74) is 8.29. The van der Waals surface area contributed by atoms with Crippen LogP contribution in [0.25, 0.3) is 0 Å². The minimum atomic E-state index is 0.375. The topological polar surface area (TPSA) is 6.48 Å². The van der Waals surface area contributed by atoms with E-state index in [1.54, 1.807) is 0 Å². The Hall–Kier alpha value is -0.688. The van der Waals surface area contributed by atoms with Crippen molar-refractivity contribution in [2.45, 2.75) is 214 Å². The van der Waals surface area contributed by atoms with E-state index in [0.29, 0.717) is 105 Å². The Bertz CT molecular complexity index is 1580. The maximum absolute atomic E-state index is 7.89. The molecule has 0 bridgehead atoms. The molecule has 1 aliphatic heterocycles. The predicted molar refractivity (Wildman–Crippen MR) is 290 cm³/mol. The first-order chi connectivity index (χ1) is 30.3. The van der Waals surface area contributed by atoms with E-state index in [1.165, 1.54) is 46.5 Å². The van der Waals surface area contributed by atoms with Crippen molar-refractivity contribution >= 4 is 44.1 Å². The monoisotopic (exact) mass is 1050 g/mol. The van der Waals surface area contributed by atoms with E-state index in [4.69, 9.17) is 23.2 Å². The first kappa shape index (κ1) is 60.4. The van der Waals surface area contributed by atoms with E-state index in [0.717, 1.165) is 38.5 Å². The van der Waals surface area contributed by atoms with Gasteiger partial charge in [0.1, 0.15) is 10.3 Å². The van der Waals surface area contributed by atoms with Crippen LogP contribution in [-0.4, -0.2) is 0 Å². The van der Waals surface area contributed by atoms with Crippen molar-refractivity contribution in [1.82, 2.24) is 0 Å². The zero-order chi connectivity index (χ0) is 49.6. The van der Waals surface area contributed by atoms with E-state index in [-0.39, 0.29) is 0 Å². The molecule has 2 aromatic rings. The van der Waals surface area contributed by atoms with Gasteiger partial charge < -0.3 is 9.80 Å². The molecule has 0 saturated heterocycles. The van der Waals surface area contributed by atoms with E-state index in [9.17, 15) is 0 Å². The Labute approximate surface area is 429 Å². The maximum atomic E-state index is 7.89. The molecule has 3 rings (SSSR count). The van der Waals surface area contributed by atoms with Crippen LogP contribution in [0.4, 0.5) is 11.4 Å². The number of benzene rings is 2. The van der Waals surface area contributed by atoms with Crippen LogP contribution in [0.5, 0.6) is 0 Å². The Morgan fingerprint density at radius 2 is 0.569 bits per heavy atom. The van der Waals surface area contributed by atoms with Gasteiger partial charge in [-0.3, -0.25) is 0 Å². The number of hydrogen-bond acceptors (Lipinski definition) is 2. The summed E-state index contributed by atoms with van der Waals surface area (Å²) in [6.07, 6.45) is 9.16. The molecule has 0 saturated carbocycles. The van der Waals surface area contributed by atoms with Gasteiger partial charge in [0.15, 0.2) is 0 Å². The number of para-hydroxylation sites is 2. The fourth-order valence-electron chi connectivity index (χ4n) is 11.9. The molecule has 0 spiro atoms. The van der Waals surface area contributed by atoms with Crippen molar-refractivity contribution in [2.75, 3.05) is 9.80 Å². The van der Waals surface area contributed by atoms with Crippen LogP contribution in [0.3, 0.4) is 0 Å². The van der Waals surface area contributed by atoms with Gasteiger partial charge in [-0.15, -0.1) is 6.67 Å². The van der Waals surface area contributed by atoms with Gasteiger partial charge in [0.05, 0.1) is 0 Å². The predicted octanol–water partition coefficient (Wildman–Crippen LogP) is 20.7. The Balaban J connectivity index is 0.00000715. The zero-order valence-electron chi connectivity index (χ0n) is 45.3. The molecule has 0 N–H and O–H groups in total. The average Bonchev–Trinajstić information content (AvgIpc) is 3.47. The van der Waals surface area contributed by atoms with Crippen LogP contribution in [0.2, 0.25) is 0 Å². The normalized spacial score (nSPS) is 14.2. The van der Waals surface area contributed by atoms with Crippen LogP contribution in [-0.2, 0) is 18.2 Å². The molecule has 0 fully saturated rings. The molecule has 2 aromatic carbocycles. The van der Waals surface area contributed by atoms with Gasteiger partial charge in [0.2, 0.25) is 0 Å². The van der Waals surface area contributed by atoms with E-state index >= 15 is 0 Å². The number of anilines is 2. The van der Waals surface area contributed by atoms with Gasteiger partial charge in [-0.25, -0.2) is 0 Å². The van der Waals surface area contributed by atoms with Gasteiger partial charge >= 0.3 is 27.7 Å². The van der Waals surface area contributed by atoms with Crippen LogP contribution in [0.15, 0.2) is 46.7 Å². The molecule has 0 aliphatic carbocycles. The third-order valence-electron chi connectivity index (χ3n) is 14.3. The second kappa shape index (κ2) is 28.8. The van der Waals surface area contributed by atoms with Gasteiger partial charge in [-0.05, 0) is 168 Å². The quantitative estimate of drug-likeness (QED) is 0.0526. The van der Waals surface area contributed by atoms with Crippen LogP contribution < -0.4 is 9.80 Å². The first-order valence-corrected chi connectivity index (χ1v) is 29.0. The van der Waals surface area contributed by atoms with Crippen molar-refractivity contribution in [3.8, 4) is 0 Å². The molecule has 1 heterocycles. The SMILES string of the molecule is CC(C)CC(CC(C)C)c1cccc(C(CC(C)C)CC(C)C)c1N1[CH-]N(c2c(C(CC(C)C)CC(C)C)cccc2C(CC(C(C)C)C(C)C)CC(C(C)C)C(C)C)C(Cl)=C1Cl.[Cl][Pd+].